The summed E-state index contributed by atoms with van der Waals surface area (Å²) < 4.78 is 5.35. The zero-order valence-corrected chi connectivity index (χ0v) is 11.5. The fourth-order valence-electron chi connectivity index (χ4n) is 2.72. The topological polar surface area (TPSA) is 50.7 Å². The van der Waals surface area contributed by atoms with Crippen molar-refractivity contribution in [1.29, 1.82) is 0 Å². The number of hydrazone groups is 1. The highest BCUT2D eigenvalue weighted by molar-refractivity contribution is 5.98. The van der Waals surface area contributed by atoms with Crippen LogP contribution in [0, 0.1) is 11.8 Å². The molecule has 0 aromatic heterocycles. The SMILES string of the molecule is CCOc1ccc(C(=O)N/N=C2\CC3C=CCC23)cc1. The Morgan fingerprint density at radius 1 is 1.40 bits per heavy atom. The maximum Gasteiger partial charge on any atom is 0.271 e. The molecule has 1 fully saturated rings. The number of fused-ring (bicyclic) bond motifs is 1. The second kappa shape index (κ2) is 5.49. The lowest BCUT2D eigenvalue weighted by atomic mass is 9.74. The number of rotatable bonds is 4. The number of carbonyl (C=O) groups is 1. The summed E-state index contributed by atoms with van der Waals surface area (Å²) in [5.41, 5.74) is 4.35. The fourth-order valence-corrected chi connectivity index (χ4v) is 2.72. The third-order valence-corrected chi connectivity index (χ3v) is 3.89. The van der Waals surface area contributed by atoms with Gasteiger partial charge in [-0.25, -0.2) is 5.43 Å². The number of nitrogens with zero attached hydrogens (tertiary/aromatic N) is 1. The molecule has 20 heavy (non-hydrogen) atoms. The number of hydrogen-bond donors (Lipinski definition) is 1. The summed E-state index contributed by atoms with van der Waals surface area (Å²) in [5.74, 6) is 1.77. The summed E-state index contributed by atoms with van der Waals surface area (Å²) in [5, 5.41) is 4.25. The second-order valence-corrected chi connectivity index (χ2v) is 5.14. The van der Waals surface area contributed by atoms with Crippen LogP contribution in [0.25, 0.3) is 0 Å². The van der Waals surface area contributed by atoms with E-state index in [2.05, 4.69) is 22.7 Å². The molecule has 0 saturated heterocycles. The van der Waals surface area contributed by atoms with Crippen LogP contribution in [0.15, 0.2) is 41.5 Å². The predicted molar refractivity (Wildman–Crippen MR) is 77.9 cm³/mol. The molecule has 0 heterocycles. The van der Waals surface area contributed by atoms with E-state index in [9.17, 15) is 4.79 Å². The molecule has 2 unspecified atom stereocenters. The van der Waals surface area contributed by atoms with Crippen LogP contribution < -0.4 is 10.2 Å². The van der Waals surface area contributed by atoms with Gasteiger partial charge in [0.25, 0.3) is 5.91 Å². The van der Waals surface area contributed by atoms with Crippen molar-refractivity contribution in [3.05, 3.63) is 42.0 Å². The molecule has 3 rings (SSSR count). The third-order valence-electron chi connectivity index (χ3n) is 3.89. The van der Waals surface area contributed by atoms with Crippen LogP contribution in [-0.2, 0) is 0 Å². The van der Waals surface area contributed by atoms with Crippen molar-refractivity contribution < 1.29 is 9.53 Å². The number of amides is 1. The minimum absolute atomic E-state index is 0.171. The summed E-state index contributed by atoms with van der Waals surface area (Å²) >= 11 is 0. The van der Waals surface area contributed by atoms with Crippen molar-refractivity contribution >= 4 is 11.6 Å². The first kappa shape index (κ1) is 12.9. The van der Waals surface area contributed by atoms with E-state index in [4.69, 9.17) is 4.74 Å². The smallest absolute Gasteiger partial charge is 0.271 e. The summed E-state index contributed by atoms with van der Waals surface area (Å²) in [6, 6.07) is 7.10. The van der Waals surface area contributed by atoms with E-state index in [-0.39, 0.29) is 5.91 Å². The lowest BCUT2D eigenvalue weighted by molar-refractivity contribution is 0.0954. The van der Waals surface area contributed by atoms with Gasteiger partial charge in [0.2, 0.25) is 0 Å². The Morgan fingerprint density at radius 3 is 2.90 bits per heavy atom. The number of benzene rings is 1. The maximum atomic E-state index is 12.0. The van der Waals surface area contributed by atoms with Crippen LogP contribution >= 0.6 is 0 Å². The third kappa shape index (κ3) is 2.46. The zero-order chi connectivity index (χ0) is 13.9. The van der Waals surface area contributed by atoms with Crippen LogP contribution in [0.2, 0.25) is 0 Å². The van der Waals surface area contributed by atoms with Gasteiger partial charge < -0.3 is 4.74 Å². The van der Waals surface area contributed by atoms with E-state index < -0.39 is 0 Å². The van der Waals surface area contributed by atoms with Crippen molar-refractivity contribution in [3.8, 4) is 5.75 Å². The normalized spacial score (nSPS) is 25.1. The molecule has 104 valence electrons. The fraction of sp³-hybridized carbons (Fsp3) is 0.375. The van der Waals surface area contributed by atoms with Gasteiger partial charge in [-0.1, -0.05) is 12.2 Å². The molecule has 0 spiro atoms. The van der Waals surface area contributed by atoms with E-state index in [0.717, 1.165) is 24.3 Å². The zero-order valence-electron chi connectivity index (χ0n) is 11.5. The monoisotopic (exact) mass is 270 g/mol. The molecule has 1 N–H and O–H groups in total. The summed E-state index contributed by atoms with van der Waals surface area (Å²) in [4.78, 5) is 12.0. The lowest BCUT2D eigenvalue weighted by Gasteiger charge is -2.31. The highest BCUT2D eigenvalue weighted by Gasteiger charge is 2.37. The molecule has 1 amide bonds. The number of nitrogens with one attached hydrogen (secondary N) is 1. The number of carbonyl (C=O) groups excluding carboxylic acids is 1. The molecule has 0 aliphatic heterocycles. The van der Waals surface area contributed by atoms with Gasteiger partial charge in [-0.05, 0) is 49.9 Å². The number of ether oxygens (including phenoxy) is 1. The molecule has 2 aliphatic carbocycles. The van der Waals surface area contributed by atoms with Crippen molar-refractivity contribution in [3.63, 3.8) is 0 Å². The van der Waals surface area contributed by atoms with Crippen LogP contribution in [0.1, 0.15) is 30.1 Å². The van der Waals surface area contributed by atoms with E-state index in [1.165, 1.54) is 0 Å². The van der Waals surface area contributed by atoms with Gasteiger partial charge >= 0.3 is 0 Å². The average Bonchev–Trinajstić information content (AvgIpc) is 2.81. The van der Waals surface area contributed by atoms with Crippen molar-refractivity contribution in [1.82, 2.24) is 5.43 Å². The first-order valence-corrected chi connectivity index (χ1v) is 7.04. The van der Waals surface area contributed by atoms with Crippen molar-refractivity contribution in [2.24, 2.45) is 16.9 Å². The molecular weight excluding hydrogens is 252 g/mol. The molecule has 2 atom stereocenters. The van der Waals surface area contributed by atoms with Gasteiger partial charge in [0.15, 0.2) is 0 Å². The standard InChI is InChI=1S/C16H18N2O2/c1-2-20-13-8-6-11(7-9-13)16(19)18-17-15-10-12-4-3-5-14(12)15/h3-4,6-9,12,14H,2,5,10H2,1H3,(H,18,19)/b17-15+. The Bertz CT molecular complexity index is 560. The van der Waals surface area contributed by atoms with Gasteiger partial charge in [-0.15, -0.1) is 0 Å². The van der Waals surface area contributed by atoms with E-state index in [0.29, 0.717) is 24.0 Å². The summed E-state index contributed by atoms with van der Waals surface area (Å²) in [7, 11) is 0. The molecule has 4 nitrogen and oxygen atoms in total. The molecule has 0 radical (unpaired) electrons. The van der Waals surface area contributed by atoms with E-state index >= 15 is 0 Å². The largest absolute Gasteiger partial charge is 0.494 e. The first-order valence-electron chi connectivity index (χ1n) is 7.04. The Hall–Kier alpha value is -2.10. The van der Waals surface area contributed by atoms with Gasteiger partial charge in [-0.3, -0.25) is 4.79 Å². The van der Waals surface area contributed by atoms with Gasteiger partial charge in [0.05, 0.1) is 6.61 Å². The minimum atomic E-state index is -0.171. The summed E-state index contributed by atoms with van der Waals surface area (Å²) in [6.45, 7) is 2.55. The number of hydrogen-bond acceptors (Lipinski definition) is 3. The average molecular weight is 270 g/mol. The predicted octanol–water partition coefficient (Wildman–Crippen LogP) is 2.77. The molecule has 2 aliphatic rings. The molecule has 1 aromatic carbocycles. The van der Waals surface area contributed by atoms with Crippen LogP contribution in [0.4, 0.5) is 0 Å². The summed E-state index contributed by atoms with van der Waals surface area (Å²) in [6.07, 6.45) is 6.48. The molecule has 4 heteroatoms. The van der Waals surface area contributed by atoms with Crippen LogP contribution in [0.5, 0.6) is 5.75 Å². The maximum absolute atomic E-state index is 12.0. The van der Waals surface area contributed by atoms with Crippen molar-refractivity contribution in [2.45, 2.75) is 19.8 Å². The number of allylic oxidation sites excluding steroid dienone is 2. The Morgan fingerprint density at radius 2 is 2.20 bits per heavy atom. The Balaban J connectivity index is 1.58. The Kier molecular flexibility index (Phi) is 3.54. The highest BCUT2D eigenvalue weighted by Crippen LogP contribution is 2.40. The van der Waals surface area contributed by atoms with E-state index in [1.54, 1.807) is 24.3 Å². The highest BCUT2D eigenvalue weighted by atomic mass is 16.5. The van der Waals surface area contributed by atoms with Gasteiger partial charge in [0, 0.05) is 17.2 Å². The van der Waals surface area contributed by atoms with Crippen molar-refractivity contribution in [2.75, 3.05) is 6.61 Å². The van der Waals surface area contributed by atoms with Gasteiger partial charge in [0.1, 0.15) is 5.75 Å². The molecular formula is C16H18N2O2. The van der Waals surface area contributed by atoms with Gasteiger partial charge in [-0.2, -0.15) is 5.10 Å². The molecule has 0 bridgehead atoms. The minimum Gasteiger partial charge on any atom is -0.494 e. The lowest BCUT2D eigenvalue weighted by Crippen LogP contribution is -2.35. The first-order chi connectivity index (χ1) is 9.78. The quantitative estimate of drug-likeness (QED) is 0.675. The van der Waals surface area contributed by atoms with Crippen LogP contribution in [0.3, 0.4) is 0 Å². The molecule has 1 aromatic rings. The van der Waals surface area contributed by atoms with E-state index in [1.807, 2.05) is 6.92 Å². The molecule has 1 saturated carbocycles. The Labute approximate surface area is 118 Å². The van der Waals surface area contributed by atoms with Crippen LogP contribution in [-0.4, -0.2) is 18.2 Å². The second-order valence-electron chi connectivity index (χ2n) is 5.14.